The van der Waals surface area contributed by atoms with E-state index in [2.05, 4.69) is 9.97 Å². The van der Waals surface area contributed by atoms with Crippen molar-refractivity contribution in [1.29, 1.82) is 0 Å². The molecule has 1 aliphatic rings. The molecule has 5 rings (SSSR count). The highest BCUT2D eigenvalue weighted by Gasteiger charge is 2.26. The lowest BCUT2D eigenvalue weighted by molar-refractivity contribution is 0.0590. The van der Waals surface area contributed by atoms with Crippen LogP contribution in [0, 0.1) is 0 Å². The number of hydrogen-bond acceptors (Lipinski definition) is 5. The van der Waals surface area contributed by atoms with Gasteiger partial charge in [-0.2, -0.15) is 0 Å². The van der Waals surface area contributed by atoms with Gasteiger partial charge in [0, 0.05) is 31.3 Å². The minimum atomic E-state index is -0.0269. The van der Waals surface area contributed by atoms with Gasteiger partial charge in [0.05, 0.1) is 15.2 Å². The average molecular weight is 424 g/mol. The van der Waals surface area contributed by atoms with Gasteiger partial charge in [-0.15, -0.1) is 0 Å². The third-order valence-electron chi connectivity index (χ3n) is 5.16. The van der Waals surface area contributed by atoms with E-state index in [4.69, 9.17) is 16.3 Å². The van der Waals surface area contributed by atoms with E-state index >= 15 is 0 Å². The Labute approximate surface area is 176 Å². The molecule has 1 fully saturated rings. The summed E-state index contributed by atoms with van der Waals surface area (Å²) in [6.07, 6.45) is 1.58. The number of thiazole rings is 1. The van der Waals surface area contributed by atoms with Crippen molar-refractivity contribution in [1.82, 2.24) is 14.9 Å². The molecule has 7 heteroatoms. The number of benzene rings is 2. The van der Waals surface area contributed by atoms with Crippen LogP contribution >= 0.6 is 22.9 Å². The van der Waals surface area contributed by atoms with Crippen LogP contribution in [0.2, 0.25) is 5.02 Å². The number of ether oxygens (including phenoxy) is 1. The molecular formula is C22H18ClN3O2S. The van der Waals surface area contributed by atoms with Crippen molar-refractivity contribution >= 4 is 50.0 Å². The summed E-state index contributed by atoms with van der Waals surface area (Å²) in [6, 6.07) is 17.3. The maximum Gasteiger partial charge on any atom is 0.274 e. The average Bonchev–Trinajstić information content (AvgIpc) is 3.17. The number of carbonyl (C=O) groups excluding carboxylic acids is 1. The highest BCUT2D eigenvalue weighted by atomic mass is 35.5. The van der Waals surface area contributed by atoms with Crippen LogP contribution in [0.25, 0.3) is 21.1 Å². The molecule has 0 radical (unpaired) electrons. The third kappa shape index (κ3) is 3.66. The molecule has 1 saturated heterocycles. The van der Waals surface area contributed by atoms with Crippen molar-refractivity contribution in [2.24, 2.45) is 0 Å². The number of pyridine rings is 1. The van der Waals surface area contributed by atoms with Gasteiger partial charge in [0.2, 0.25) is 0 Å². The van der Waals surface area contributed by atoms with Gasteiger partial charge in [0.25, 0.3) is 11.1 Å². The Hall–Kier alpha value is -2.70. The number of rotatable bonds is 3. The zero-order valence-electron chi connectivity index (χ0n) is 15.5. The number of fused-ring (bicyclic) bond motifs is 2. The van der Waals surface area contributed by atoms with Crippen LogP contribution < -0.4 is 4.74 Å². The van der Waals surface area contributed by atoms with Crippen LogP contribution in [0.5, 0.6) is 5.19 Å². The molecule has 3 heterocycles. The predicted octanol–water partition coefficient (Wildman–Crippen LogP) is 5.18. The van der Waals surface area contributed by atoms with E-state index in [-0.39, 0.29) is 12.0 Å². The van der Waals surface area contributed by atoms with Gasteiger partial charge >= 0.3 is 0 Å². The van der Waals surface area contributed by atoms with Gasteiger partial charge in [-0.05, 0) is 24.3 Å². The molecule has 29 heavy (non-hydrogen) atoms. The molecule has 0 bridgehead atoms. The zero-order chi connectivity index (χ0) is 19.8. The summed E-state index contributed by atoms with van der Waals surface area (Å²) in [6.45, 7) is 1.29. The summed E-state index contributed by atoms with van der Waals surface area (Å²) in [5.74, 6) is -0.0269. The Morgan fingerprint density at radius 3 is 2.69 bits per heavy atom. The van der Waals surface area contributed by atoms with E-state index in [1.807, 2.05) is 53.4 Å². The van der Waals surface area contributed by atoms with Gasteiger partial charge in [-0.25, -0.2) is 9.97 Å². The summed E-state index contributed by atoms with van der Waals surface area (Å²) < 4.78 is 7.10. The second-order valence-electron chi connectivity index (χ2n) is 7.06. The molecule has 4 aromatic rings. The number of nitrogens with zero attached hydrogens (tertiary/aromatic N) is 3. The molecule has 0 atom stereocenters. The fourth-order valence-corrected chi connectivity index (χ4v) is 4.79. The van der Waals surface area contributed by atoms with Gasteiger partial charge < -0.3 is 9.64 Å². The van der Waals surface area contributed by atoms with Crippen molar-refractivity contribution in [3.05, 3.63) is 65.3 Å². The number of piperidine rings is 1. The summed E-state index contributed by atoms with van der Waals surface area (Å²) in [7, 11) is 0. The van der Waals surface area contributed by atoms with Crippen molar-refractivity contribution in [2.75, 3.05) is 13.1 Å². The molecule has 1 amide bonds. The fourth-order valence-electron chi connectivity index (χ4n) is 3.61. The molecule has 0 saturated carbocycles. The first-order valence-corrected chi connectivity index (χ1v) is 10.7. The summed E-state index contributed by atoms with van der Waals surface area (Å²) in [5, 5.41) is 2.30. The Morgan fingerprint density at radius 1 is 1.03 bits per heavy atom. The number of carbonyl (C=O) groups is 1. The number of halogens is 1. The van der Waals surface area contributed by atoms with E-state index in [1.54, 1.807) is 6.07 Å². The monoisotopic (exact) mass is 423 g/mol. The number of hydrogen-bond donors (Lipinski definition) is 0. The summed E-state index contributed by atoms with van der Waals surface area (Å²) in [4.78, 5) is 23.8. The van der Waals surface area contributed by atoms with E-state index in [1.165, 1.54) is 11.3 Å². The highest BCUT2D eigenvalue weighted by molar-refractivity contribution is 7.20. The molecule has 5 nitrogen and oxygen atoms in total. The Morgan fingerprint density at radius 2 is 1.86 bits per heavy atom. The lowest BCUT2D eigenvalue weighted by atomic mass is 10.1. The van der Waals surface area contributed by atoms with Gasteiger partial charge in [-0.3, -0.25) is 4.79 Å². The van der Waals surface area contributed by atoms with Crippen LogP contribution in [0.1, 0.15) is 23.3 Å². The SMILES string of the molecule is O=C(c1ccc2ccccc2n1)N1CCC(Oc2nc3c(Cl)cccc3s2)CC1. The quantitative estimate of drug-likeness (QED) is 0.455. The zero-order valence-corrected chi connectivity index (χ0v) is 17.1. The smallest absolute Gasteiger partial charge is 0.274 e. The topological polar surface area (TPSA) is 55.3 Å². The van der Waals surface area contributed by atoms with Gasteiger partial charge in [0.1, 0.15) is 17.3 Å². The van der Waals surface area contributed by atoms with Gasteiger partial charge in [-0.1, -0.05) is 53.3 Å². The minimum absolute atomic E-state index is 0.0269. The first kappa shape index (κ1) is 18.3. The third-order valence-corrected chi connectivity index (χ3v) is 6.38. The number of likely N-dealkylation sites (tertiary alicyclic amines) is 1. The summed E-state index contributed by atoms with van der Waals surface area (Å²) >= 11 is 7.70. The van der Waals surface area contributed by atoms with Crippen LogP contribution in [-0.2, 0) is 0 Å². The van der Waals surface area contributed by atoms with Crippen LogP contribution in [-0.4, -0.2) is 40.0 Å². The van der Waals surface area contributed by atoms with Crippen molar-refractivity contribution in [3.63, 3.8) is 0 Å². The van der Waals surface area contributed by atoms with E-state index in [0.29, 0.717) is 29.0 Å². The van der Waals surface area contributed by atoms with Crippen LogP contribution in [0.3, 0.4) is 0 Å². The van der Waals surface area contributed by atoms with Crippen molar-refractivity contribution < 1.29 is 9.53 Å². The standard InChI is InChI=1S/C22H18ClN3O2S/c23-16-5-3-7-19-20(16)25-22(29-19)28-15-10-12-26(13-11-15)21(27)18-9-8-14-4-1-2-6-17(14)24-18/h1-9,15H,10-13H2. The Balaban J connectivity index is 1.24. The predicted molar refractivity (Wildman–Crippen MR) is 116 cm³/mol. The molecule has 1 aliphatic heterocycles. The molecule has 146 valence electrons. The molecular weight excluding hydrogens is 406 g/mol. The van der Waals surface area contributed by atoms with E-state index < -0.39 is 0 Å². The number of aromatic nitrogens is 2. The van der Waals surface area contributed by atoms with E-state index in [0.717, 1.165) is 34.0 Å². The first-order chi connectivity index (χ1) is 14.2. The molecule has 2 aromatic carbocycles. The molecule has 0 spiro atoms. The van der Waals surface area contributed by atoms with Crippen LogP contribution in [0.15, 0.2) is 54.6 Å². The second kappa shape index (κ2) is 7.61. The molecule has 0 aliphatic carbocycles. The number of para-hydroxylation sites is 2. The lowest BCUT2D eigenvalue weighted by Crippen LogP contribution is -2.42. The first-order valence-electron chi connectivity index (χ1n) is 9.54. The lowest BCUT2D eigenvalue weighted by Gasteiger charge is -2.31. The van der Waals surface area contributed by atoms with Crippen LogP contribution in [0.4, 0.5) is 0 Å². The molecule has 0 unspecified atom stereocenters. The minimum Gasteiger partial charge on any atom is -0.467 e. The van der Waals surface area contributed by atoms with Crippen molar-refractivity contribution in [2.45, 2.75) is 18.9 Å². The maximum absolute atomic E-state index is 12.9. The normalized spacial score (nSPS) is 15.1. The van der Waals surface area contributed by atoms with E-state index in [9.17, 15) is 4.79 Å². The largest absolute Gasteiger partial charge is 0.467 e. The molecule has 2 aromatic heterocycles. The number of amides is 1. The second-order valence-corrected chi connectivity index (χ2v) is 8.47. The van der Waals surface area contributed by atoms with Gasteiger partial charge in [0.15, 0.2) is 0 Å². The highest BCUT2D eigenvalue weighted by Crippen LogP contribution is 2.33. The fraction of sp³-hybridized carbons (Fsp3) is 0.227. The summed E-state index contributed by atoms with van der Waals surface area (Å²) in [5.41, 5.74) is 2.11. The molecule has 0 N–H and O–H groups in total. The maximum atomic E-state index is 12.9. The Bertz CT molecular complexity index is 1200. The van der Waals surface area contributed by atoms with Crippen molar-refractivity contribution in [3.8, 4) is 5.19 Å². The Kier molecular flexibility index (Phi) is 4.81.